The smallest absolute Gasteiger partial charge is 0.407 e. The van der Waals surface area contributed by atoms with Gasteiger partial charge in [0.15, 0.2) is 54.9 Å². The molecule has 0 unspecified atom stereocenters. The zero-order valence-corrected chi connectivity index (χ0v) is 66.1. The molecule has 0 aromatic heterocycles. The summed E-state index contributed by atoms with van der Waals surface area (Å²) in [7, 11) is 0. The van der Waals surface area contributed by atoms with Crippen LogP contribution in [0.25, 0.3) is 11.1 Å². The van der Waals surface area contributed by atoms with Gasteiger partial charge in [-0.15, -0.1) is 0 Å². The Labute approximate surface area is 669 Å². The van der Waals surface area contributed by atoms with Crippen LogP contribution in [0.5, 0.6) is 0 Å². The molecule has 3 aliphatic heterocycles. The summed E-state index contributed by atoms with van der Waals surface area (Å²) >= 11 is 0. The minimum Gasteiger partial charge on any atom is -0.463 e. The molecule has 42 nitrogen and oxygen atoms in total. The van der Waals surface area contributed by atoms with Crippen LogP contribution in [0.2, 0.25) is 0 Å². The predicted octanol–water partition coefficient (Wildman–Crippen LogP) is -2.01. The van der Waals surface area contributed by atoms with Crippen LogP contribution >= 0.6 is 0 Å². The molecule has 8 N–H and O–H groups in total. The molecule has 3 fully saturated rings. The molecule has 6 rings (SSSR count). The molecular weight excluding hydrogens is 1560 g/mol. The van der Waals surface area contributed by atoms with E-state index in [0.29, 0.717) is 0 Å². The van der Waals surface area contributed by atoms with Gasteiger partial charge in [0.25, 0.3) is 0 Å². The quantitative estimate of drug-likeness (QED) is 0.0282. The van der Waals surface area contributed by atoms with Gasteiger partial charge in [-0.3, -0.25) is 86.3 Å². The third-order valence-corrected chi connectivity index (χ3v) is 18.1. The van der Waals surface area contributed by atoms with Crippen molar-refractivity contribution in [3.8, 4) is 11.1 Å². The summed E-state index contributed by atoms with van der Waals surface area (Å²) in [4.78, 5) is 249. The molecule has 117 heavy (non-hydrogen) atoms. The van der Waals surface area contributed by atoms with Crippen molar-refractivity contribution in [2.75, 3.05) is 65.7 Å². The average Bonchev–Trinajstić information content (AvgIpc) is 1.63. The maximum absolute atomic E-state index is 14.9. The number of alkyl carbamates (subject to hydrolysis) is 1. The summed E-state index contributed by atoms with van der Waals surface area (Å²) in [5.41, 5.74) is 9.68. The largest absolute Gasteiger partial charge is 0.463 e. The Kier molecular flexibility index (Phi) is 36.0. The summed E-state index contributed by atoms with van der Waals surface area (Å²) in [6, 6.07) is 15.2. The summed E-state index contributed by atoms with van der Waals surface area (Å²) < 4.78 is 89.7. The number of primary amides is 1. The Morgan fingerprint density at radius 2 is 0.581 bits per heavy atom. The number of nitrogens with two attached hydrogens (primary N) is 1. The first-order valence-electron chi connectivity index (χ1n) is 36.9. The number of hydrogen-bond acceptors (Lipinski definition) is 35. The molecule has 642 valence electrons. The number of nitrogens with one attached hydrogen (secondary N) is 6. The molecule has 2 aromatic rings. The topological polar surface area (TPSA) is 570 Å². The molecule has 0 saturated carbocycles. The number of amides is 7. The second-order valence-electron chi connectivity index (χ2n) is 27.2. The van der Waals surface area contributed by atoms with E-state index in [0.717, 1.165) is 105 Å². The van der Waals surface area contributed by atoms with Gasteiger partial charge in [-0.25, -0.2) is 4.79 Å². The standard InChI is InChI=1S/C75H97N7O35/c1-34(83)102-31-54-63(106-37(4)86)69(112-43(10)92)66(109-40(7)89)60(115-54)50(72(76)98)27-80-57(95)21-24-77-73(99)51(61-67(110-41(8)90)70(113-44(11)93)64(107-38(5)87)55(116-61)32-103-35(2)84)28-81-58(96)22-25-78-74(100)52(62-68(111-42(9)91)71(114-45(12)94)65(108-39(6)88)56(117-62)33-104-36(3)85)29-82-59(97)23-26-79-75(101)105-30-53-48-19-15-13-17-46(48)47-18-14-16-20-49(47)53/h13-20,50-56,60-71H,21-33H2,1-12H3,(H2,76,98)(H,77,99)(H,78,100)(H,79,101)(H,80,95)(H,81,96)(H,82,97)/t50-,51-,52-,54+,55+,56+,60-,61-,62-,63+,64+,65+,66-,67-,68-,69-,70-,71-/m0/s1. The molecule has 3 saturated heterocycles. The number of esters is 12. The summed E-state index contributed by atoms with van der Waals surface area (Å²) in [5, 5.41) is 15.0. The highest BCUT2D eigenvalue weighted by atomic mass is 16.7. The zero-order chi connectivity index (χ0) is 86.7. The van der Waals surface area contributed by atoms with Gasteiger partial charge in [-0.05, 0) is 22.3 Å². The summed E-state index contributed by atoms with van der Waals surface area (Å²) in [5.74, 6) is -23.8. The number of carbonyl (C=O) groups is 19. The van der Waals surface area contributed by atoms with E-state index in [1.165, 1.54) is 0 Å². The molecule has 42 heteroatoms. The van der Waals surface area contributed by atoms with Crippen LogP contribution in [-0.4, -0.2) is 270 Å². The maximum atomic E-state index is 14.9. The lowest BCUT2D eigenvalue weighted by atomic mass is 9.86. The fourth-order valence-electron chi connectivity index (χ4n) is 13.6. The summed E-state index contributed by atoms with van der Waals surface area (Å²) in [6.45, 7) is 5.27. The fourth-order valence-corrected chi connectivity index (χ4v) is 13.6. The molecule has 2 aromatic carbocycles. The number of hydrogen-bond donors (Lipinski definition) is 7. The van der Waals surface area contributed by atoms with Crippen molar-refractivity contribution in [1.82, 2.24) is 31.9 Å². The van der Waals surface area contributed by atoms with Gasteiger partial charge in [0.05, 0.1) is 17.8 Å². The van der Waals surface area contributed by atoms with Crippen LogP contribution in [0.3, 0.4) is 0 Å². The SMILES string of the molecule is CC(=O)OC[C@H]1O[C@@H]([C@H](CNC(=O)CCNC(=O)[C@@H](CNC(=O)CCNC(=O)[C@@H](CNC(=O)CCNC(=O)OCC2c3ccccc3-c3ccccc32)[C@@H]2O[C@H](COC(C)=O)[C@@H](OC(C)=O)[C@H](OC(C)=O)[C@H]2OC(C)=O)[C@@H]2O[C@H](COC(C)=O)[C@@H](OC(C)=O)[C@H](OC(C)=O)[C@H]2OC(C)=O)C(N)=O)[C@H](OC(C)=O)[C@@H](OC(C)=O)[C@@H]1OC(C)=O. The van der Waals surface area contributed by atoms with Gasteiger partial charge in [0.1, 0.15) is 63.1 Å². The molecule has 4 aliphatic rings. The van der Waals surface area contributed by atoms with E-state index in [4.69, 9.17) is 81.5 Å². The normalized spacial score (nSPS) is 23.7. The minimum absolute atomic E-state index is 0.0636. The lowest BCUT2D eigenvalue weighted by molar-refractivity contribution is -0.259. The minimum atomic E-state index is -1.95. The number of fused-ring (bicyclic) bond motifs is 3. The van der Waals surface area contributed by atoms with Crippen LogP contribution in [0, 0.1) is 17.8 Å². The van der Waals surface area contributed by atoms with E-state index in [1.807, 2.05) is 48.5 Å². The van der Waals surface area contributed by atoms with Crippen molar-refractivity contribution in [3.63, 3.8) is 0 Å². The van der Waals surface area contributed by atoms with Crippen LogP contribution in [0.15, 0.2) is 48.5 Å². The van der Waals surface area contributed by atoms with Crippen molar-refractivity contribution in [1.29, 1.82) is 0 Å². The molecule has 3 heterocycles. The van der Waals surface area contributed by atoms with E-state index < -0.39 is 294 Å². The Bertz CT molecular complexity index is 3960. The van der Waals surface area contributed by atoms with Gasteiger partial charge < -0.3 is 113 Å². The van der Waals surface area contributed by atoms with Gasteiger partial charge in [-0.2, -0.15) is 0 Å². The highest BCUT2D eigenvalue weighted by Crippen LogP contribution is 2.45. The average molecular weight is 1660 g/mol. The Morgan fingerprint density at radius 3 is 0.872 bits per heavy atom. The van der Waals surface area contributed by atoms with Gasteiger partial charge in [-0.1, -0.05) is 48.5 Å². The van der Waals surface area contributed by atoms with Crippen molar-refractivity contribution < 1.29 is 167 Å². The van der Waals surface area contributed by atoms with Gasteiger partial charge >= 0.3 is 77.7 Å². The fraction of sp³-hybridized carbons (Fsp3) is 0.587. The second kappa shape index (κ2) is 44.8. The molecule has 7 amide bonds. The van der Waals surface area contributed by atoms with Crippen molar-refractivity contribution in [2.24, 2.45) is 23.5 Å². The highest BCUT2D eigenvalue weighted by Gasteiger charge is 2.59. The van der Waals surface area contributed by atoms with Gasteiger partial charge in [0.2, 0.25) is 35.4 Å². The van der Waals surface area contributed by atoms with Crippen LogP contribution < -0.4 is 37.6 Å². The first-order chi connectivity index (χ1) is 55.2. The Hall–Kier alpha value is -11.9. The van der Waals surface area contributed by atoms with E-state index in [2.05, 4.69) is 31.9 Å². The van der Waals surface area contributed by atoms with Crippen molar-refractivity contribution in [2.45, 2.75) is 200 Å². The maximum Gasteiger partial charge on any atom is 0.407 e. The number of ether oxygens (including phenoxy) is 16. The highest BCUT2D eigenvalue weighted by molar-refractivity contribution is 5.86. The van der Waals surface area contributed by atoms with Crippen molar-refractivity contribution in [3.05, 3.63) is 59.7 Å². The third-order valence-electron chi connectivity index (χ3n) is 18.1. The van der Waals surface area contributed by atoms with E-state index in [-0.39, 0.29) is 19.1 Å². The predicted molar refractivity (Wildman–Crippen MR) is 388 cm³/mol. The Balaban J connectivity index is 1.27. The lowest BCUT2D eigenvalue weighted by Gasteiger charge is -2.46. The first kappa shape index (κ1) is 93.9. The number of rotatable bonds is 38. The lowest BCUT2D eigenvalue weighted by Crippen LogP contribution is -2.66. The first-order valence-corrected chi connectivity index (χ1v) is 36.9. The molecular formula is C75H97N7O35. The van der Waals surface area contributed by atoms with E-state index in [1.54, 1.807) is 0 Å². The van der Waals surface area contributed by atoms with Crippen LogP contribution in [0.4, 0.5) is 4.79 Å². The summed E-state index contributed by atoms with van der Waals surface area (Å²) in [6.07, 6.45) is -29.2. The molecule has 0 bridgehead atoms. The molecule has 1 aliphatic carbocycles. The number of carbonyl (C=O) groups excluding carboxylic acids is 19. The zero-order valence-electron chi connectivity index (χ0n) is 66.1. The number of benzene rings is 2. The molecule has 0 spiro atoms. The van der Waals surface area contributed by atoms with Crippen LogP contribution in [-0.2, 0) is 162 Å². The van der Waals surface area contributed by atoms with Crippen LogP contribution in [0.1, 0.15) is 119 Å². The monoisotopic (exact) mass is 1660 g/mol. The second-order valence-corrected chi connectivity index (χ2v) is 27.2. The van der Waals surface area contributed by atoms with E-state index in [9.17, 15) is 91.1 Å². The van der Waals surface area contributed by atoms with Crippen molar-refractivity contribution >= 4 is 113 Å². The third kappa shape index (κ3) is 28.5. The Morgan fingerprint density at radius 1 is 0.316 bits per heavy atom. The van der Waals surface area contributed by atoms with E-state index >= 15 is 0 Å². The molecule has 0 radical (unpaired) electrons. The van der Waals surface area contributed by atoms with Gasteiger partial charge in [0, 0.05) is 148 Å². The molecule has 18 atom stereocenters.